The second-order valence-electron chi connectivity index (χ2n) is 1.41. The summed E-state index contributed by atoms with van der Waals surface area (Å²) < 4.78 is 43.8. The molecule has 0 bridgehead atoms. The second kappa shape index (κ2) is 3.05. The molecule has 0 radical (unpaired) electrons. The summed E-state index contributed by atoms with van der Waals surface area (Å²) in [6.45, 7) is 0. The zero-order valence-electron chi connectivity index (χ0n) is 3.97. The quantitative estimate of drug-likeness (QED) is 0.378. The van der Waals surface area contributed by atoms with Crippen LogP contribution in [0.4, 0.5) is 17.6 Å². The van der Waals surface area contributed by atoms with E-state index >= 15 is 0 Å². The third-order valence-electron chi connectivity index (χ3n) is 0.401. The van der Waals surface area contributed by atoms with Crippen LogP contribution in [0.25, 0.3) is 0 Å². The monoisotopic (exact) mass is 368 g/mol. The van der Waals surface area contributed by atoms with E-state index in [0.29, 0.717) is 0 Å². The third kappa shape index (κ3) is 9.18. The van der Waals surface area contributed by atoms with E-state index in [1.165, 1.54) is 0 Å². The lowest BCUT2D eigenvalue weighted by molar-refractivity contribution is -0.139. The fourth-order valence-electron chi connectivity index (χ4n) is 0.227. The van der Waals surface area contributed by atoms with Crippen molar-refractivity contribution in [2.75, 3.05) is 0 Å². The molecular weight excluding hydrogens is 366 g/mol. The van der Waals surface area contributed by atoms with Gasteiger partial charge in [0.1, 0.15) is 0 Å². The number of rotatable bonds is 1. The molecule has 0 heterocycles. The van der Waals surface area contributed by atoms with Crippen molar-refractivity contribution in [1.82, 2.24) is 0 Å². The van der Waals surface area contributed by atoms with Crippen molar-refractivity contribution in [2.45, 2.75) is 14.3 Å². The molecule has 0 aromatic carbocycles. The molecule has 0 N–H and O–H groups in total. The molecule has 0 saturated heterocycles. The summed E-state index contributed by atoms with van der Waals surface area (Å²) >= 11 is 2.20. The number of halogens is 6. The molecule has 0 aliphatic heterocycles. The standard InChI is InChI=1S/C3H2F4I2/c4-2(5,6)1-3(7,8)9/h1H2. The van der Waals surface area contributed by atoms with Crippen molar-refractivity contribution in [2.24, 2.45) is 0 Å². The minimum Gasteiger partial charge on any atom is -0.220 e. The molecule has 0 unspecified atom stereocenters. The average molecular weight is 368 g/mol. The smallest absolute Gasteiger partial charge is 0.220 e. The minimum absolute atomic E-state index is 1.10. The van der Waals surface area contributed by atoms with E-state index in [9.17, 15) is 17.6 Å². The van der Waals surface area contributed by atoms with Gasteiger partial charge in [-0.3, -0.25) is 0 Å². The molecule has 6 heteroatoms. The predicted octanol–water partition coefficient (Wildman–Crippen LogP) is 3.43. The molecule has 0 amide bonds. The fourth-order valence-corrected chi connectivity index (χ4v) is 1.09. The molecule has 0 aliphatic carbocycles. The lowest BCUT2D eigenvalue weighted by Gasteiger charge is -2.11. The lowest BCUT2D eigenvalue weighted by atomic mass is 10.5. The highest BCUT2D eigenvalue weighted by Crippen LogP contribution is 2.40. The van der Waals surface area contributed by atoms with Crippen molar-refractivity contribution in [3.63, 3.8) is 0 Å². The Kier molecular flexibility index (Phi) is 3.46. The third-order valence-corrected chi connectivity index (χ3v) is 1.16. The van der Waals surface area contributed by atoms with E-state index in [1.807, 2.05) is 0 Å². The van der Waals surface area contributed by atoms with Crippen LogP contribution in [0.15, 0.2) is 0 Å². The zero-order chi connectivity index (χ0) is 7.71. The Morgan fingerprint density at radius 3 is 1.33 bits per heavy atom. The van der Waals surface area contributed by atoms with Gasteiger partial charge in [0, 0.05) is 0 Å². The van der Waals surface area contributed by atoms with Crippen LogP contribution in [0.1, 0.15) is 6.42 Å². The first-order chi connectivity index (χ1) is 3.71. The normalized spacial score (nSPS) is 14.0. The Labute approximate surface area is 76.7 Å². The fraction of sp³-hybridized carbons (Fsp3) is 1.00. The Hall–Kier alpha value is 1.18. The van der Waals surface area contributed by atoms with E-state index in [4.69, 9.17) is 0 Å². The molecule has 0 aromatic heterocycles. The van der Waals surface area contributed by atoms with Crippen molar-refractivity contribution < 1.29 is 17.6 Å². The van der Waals surface area contributed by atoms with Gasteiger partial charge in [-0.25, -0.2) is 4.39 Å². The first-order valence-electron chi connectivity index (χ1n) is 1.84. The van der Waals surface area contributed by atoms with E-state index in [0.717, 1.165) is 45.2 Å². The summed E-state index contributed by atoms with van der Waals surface area (Å²) in [5.74, 6) is 0. The molecule has 0 aromatic rings. The van der Waals surface area contributed by atoms with E-state index in [-0.39, 0.29) is 0 Å². The van der Waals surface area contributed by atoms with Gasteiger partial charge in [-0.1, -0.05) is 0 Å². The van der Waals surface area contributed by atoms with Crippen molar-refractivity contribution in [3.05, 3.63) is 0 Å². The Morgan fingerprint density at radius 1 is 1.00 bits per heavy atom. The summed E-state index contributed by atoms with van der Waals surface area (Å²) in [5.41, 5.74) is 0. The first-order valence-corrected chi connectivity index (χ1v) is 4.00. The molecule has 0 spiro atoms. The Balaban J connectivity index is 3.75. The SMILES string of the molecule is FC(F)(F)CC(F)(I)I. The molecule has 56 valence electrons. The van der Waals surface area contributed by atoms with Crippen molar-refractivity contribution in [3.8, 4) is 0 Å². The number of hydrogen-bond donors (Lipinski definition) is 0. The summed E-state index contributed by atoms with van der Waals surface area (Å²) in [6.07, 6.45) is -5.81. The van der Waals surface area contributed by atoms with Crippen LogP contribution in [-0.2, 0) is 0 Å². The van der Waals surface area contributed by atoms with Gasteiger partial charge in [-0.15, -0.1) is 0 Å². The van der Waals surface area contributed by atoms with Gasteiger partial charge in [0.2, 0.25) is 1.68 Å². The Morgan fingerprint density at radius 2 is 1.33 bits per heavy atom. The molecule has 0 aliphatic rings. The summed E-state index contributed by atoms with van der Waals surface area (Å²) in [7, 11) is 0. The molecule has 0 saturated carbocycles. The van der Waals surface area contributed by atoms with E-state index in [1.54, 1.807) is 0 Å². The summed E-state index contributed by atoms with van der Waals surface area (Å²) in [4.78, 5) is 0. The molecular formula is C3H2F4I2. The maximum atomic E-state index is 12.1. The van der Waals surface area contributed by atoms with Gasteiger partial charge >= 0.3 is 6.18 Å². The van der Waals surface area contributed by atoms with E-state index in [2.05, 4.69) is 0 Å². The maximum Gasteiger partial charge on any atom is 0.393 e. The lowest BCUT2D eigenvalue weighted by Crippen LogP contribution is -2.17. The minimum atomic E-state index is -4.41. The van der Waals surface area contributed by atoms with Crippen molar-refractivity contribution >= 4 is 45.2 Å². The van der Waals surface area contributed by atoms with Gasteiger partial charge in [-0.05, 0) is 45.2 Å². The predicted molar refractivity (Wildman–Crippen MR) is 42.6 cm³/mol. The summed E-state index contributed by atoms with van der Waals surface area (Å²) in [6, 6.07) is 0. The topological polar surface area (TPSA) is 0 Å². The summed E-state index contributed by atoms with van der Waals surface area (Å²) in [5, 5.41) is 0. The van der Waals surface area contributed by atoms with Crippen LogP contribution in [0.5, 0.6) is 0 Å². The van der Waals surface area contributed by atoms with Gasteiger partial charge < -0.3 is 0 Å². The molecule has 0 fully saturated rings. The van der Waals surface area contributed by atoms with Crippen LogP contribution >= 0.6 is 45.2 Å². The molecule has 0 nitrogen and oxygen atoms in total. The van der Waals surface area contributed by atoms with Crippen LogP contribution in [0.3, 0.4) is 0 Å². The van der Waals surface area contributed by atoms with Crippen LogP contribution in [0.2, 0.25) is 0 Å². The van der Waals surface area contributed by atoms with Crippen molar-refractivity contribution in [1.29, 1.82) is 0 Å². The number of alkyl halides is 6. The number of hydrogen-bond acceptors (Lipinski definition) is 0. The van der Waals surface area contributed by atoms with Gasteiger partial charge in [0.15, 0.2) is 0 Å². The van der Waals surface area contributed by atoms with Crippen LogP contribution in [-0.4, -0.2) is 7.86 Å². The second-order valence-corrected chi connectivity index (χ2v) is 6.89. The van der Waals surface area contributed by atoms with E-state index < -0.39 is 14.3 Å². The zero-order valence-corrected chi connectivity index (χ0v) is 8.29. The maximum absolute atomic E-state index is 12.1. The molecule has 0 rings (SSSR count). The Bertz CT molecular complexity index is 79.0. The van der Waals surface area contributed by atoms with Gasteiger partial charge in [0.25, 0.3) is 0 Å². The highest BCUT2D eigenvalue weighted by Gasteiger charge is 2.39. The first kappa shape index (κ1) is 10.2. The average Bonchev–Trinajstić information content (AvgIpc) is 1.14. The van der Waals surface area contributed by atoms with Crippen LogP contribution < -0.4 is 0 Å². The van der Waals surface area contributed by atoms with Crippen LogP contribution in [0, 0.1) is 0 Å². The van der Waals surface area contributed by atoms with Gasteiger partial charge in [0.05, 0.1) is 6.42 Å². The highest BCUT2D eigenvalue weighted by atomic mass is 127. The largest absolute Gasteiger partial charge is 0.393 e. The molecule has 0 atom stereocenters. The molecule has 9 heavy (non-hydrogen) atoms. The highest BCUT2D eigenvalue weighted by molar-refractivity contribution is 14.2. The van der Waals surface area contributed by atoms with Gasteiger partial charge in [-0.2, -0.15) is 13.2 Å².